The molecule has 0 fully saturated rings. The second kappa shape index (κ2) is 4.14. The van der Waals surface area contributed by atoms with Crippen molar-refractivity contribution in [3.05, 3.63) is 35.4 Å². The molecule has 1 rings (SSSR count). The molecule has 0 amide bonds. The lowest BCUT2D eigenvalue weighted by atomic mass is 10.2. The number of carbonyl (C=O) groups is 1. The normalized spacial score (nSPS) is 9.54. The van der Waals surface area contributed by atoms with Crippen LogP contribution in [0.25, 0.3) is 0 Å². The van der Waals surface area contributed by atoms with Crippen molar-refractivity contribution in [2.45, 2.75) is 0 Å². The number of rotatable bonds is 2. The van der Waals surface area contributed by atoms with Gasteiger partial charge in [0.05, 0.1) is 0 Å². The van der Waals surface area contributed by atoms with Gasteiger partial charge in [0, 0.05) is 11.1 Å². The number of carbonyl (C=O) groups excluding carboxylic acids is 1. The van der Waals surface area contributed by atoms with Gasteiger partial charge in [-0.25, -0.2) is 6.14 Å². The third-order valence-corrected chi connectivity index (χ3v) is 2.84. The van der Waals surface area contributed by atoms with E-state index in [1.54, 1.807) is 0 Å². The summed E-state index contributed by atoms with van der Waals surface area (Å²) in [6.45, 7) is 0. The van der Waals surface area contributed by atoms with E-state index in [1.807, 2.05) is 0 Å². The predicted molar refractivity (Wildman–Crippen MR) is 54.1 cm³/mol. The van der Waals surface area contributed by atoms with Gasteiger partial charge in [-0.1, -0.05) is 5.92 Å². The van der Waals surface area contributed by atoms with Crippen LogP contribution in [0.2, 0.25) is 0 Å². The SMILES string of the molecule is C#Cc1ccc(C(=O)I(=O)=O)cc1. The molecule has 0 saturated heterocycles. The zero-order chi connectivity index (χ0) is 9.84. The van der Waals surface area contributed by atoms with Crippen molar-refractivity contribution in [3.8, 4) is 12.3 Å². The van der Waals surface area contributed by atoms with Gasteiger partial charge < -0.3 is 0 Å². The summed E-state index contributed by atoms with van der Waals surface area (Å²) in [6, 6.07) is 5.90. The molecule has 13 heavy (non-hydrogen) atoms. The number of hydrogen-bond acceptors (Lipinski definition) is 3. The van der Waals surface area contributed by atoms with E-state index < -0.39 is 23.6 Å². The summed E-state index contributed by atoms with van der Waals surface area (Å²) >= 11 is -3.87. The summed E-state index contributed by atoms with van der Waals surface area (Å²) in [5.41, 5.74) is 0.794. The van der Waals surface area contributed by atoms with Crippen molar-refractivity contribution in [1.82, 2.24) is 0 Å². The van der Waals surface area contributed by atoms with E-state index in [4.69, 9.17) is 6.42 Å². The zero-order valence-electron chi connectivity index (χ0n) is 6.49. The molecule has 0 atom stereocenters. The average molecular weight is 288 g/mol. The first-order valence-corrected chi connectivity index (χ1v) is 6.15. The molecular weight excluding hydrogens is 283 g/mol. The first kappa shape index (κ1) is 9.86. The van der Waals surface area contributed by atoms with Crippen molar-refractivity contribution < 1.29 is 10.9 Å². The maximum atomic E-state index is 10.9. The van der Waals surface area contributed by atoms with Gasteiger partial charge in [0.15, 0.2) is 0 Å². The summed E-state index contributed by atoms with van der Waals surface area (Å²) in [7, 11) is 0. The molecule has 3 nitrogen and oxygen atoms in total. The molecule has 0 unspecified atom stereocenters. The van der Waals surface area contributed by atoms with Crippen LogP contribution in [-0.4, -0.2) is 3.79 Å². The Balaban J connectivity index is 3.07. The summed E-state index contributed by atoms with van der Waals surface area (Å²) < 4.78 is 20.0. The Bertz CT molecular complexity index is 427. The van der Waals surface area contributed by atoms with Gasteiger partial charge in [0.25, 0.3) is 3.79 Å². The van der Waals surface area contributed by atoms with Gasteiger partial charge in [-0.2, -0.15) is 0 Å². The molecular formula is C9H5IO3. The topological polar surface area (TPSA) is 51.2 Å². The molecule has 0 radical (unpaired) electrons. The lowest BCUT2D eigenvalue weighted by molar-refractivity contribution is 0.110. The van der Waals surface area contributed by atoms with E-state index in [0.29, 0.717) is 5.56 Å². The second-order valence-electron chi connectivity index (χ2n) is 2.21. The van der Waals surface area contributed by atoms with Gasteiger partial charge in [-0.05, 0) is 24.3 Å². The highest BCUT2D eigenvalue weighted by atomic mass is 127. The molecule has 0 bridgehead atoms. The van der Waals surface area contributed by atoms with Crippen LogP contribution in [0.3, 0.4) is 0 Å². The Kier molecular flexibility index (Phi) is 3.14. The molecule has 0 aliphatic carbocycles. The molecule has 1 aromatic rings. The minimum atomic E-state index is -3.87. The Morgan fingerprint density at radius 1 is 1.23 bits per heavy atom. The number of terminal acetylenes is 1. The fourth-order valence-electron chi connectivity index (χ4n) is 0.787. The van der Waals surface area contributed by atoms with Crippen LogP contribution in [0.4, 0.5) is 0 Å². The largest absolute Gasteiger partial charge is 0.382 e. The van der Waals surface area contributed by atoms with Crippen LogP contribution in [-0.2, 0) is 6.14 Å². The summed E-state index contributed by atoms with van der Waals surface area (Å²) in [6.07, 6.45) is 5.09. The van der Waals surface area contributed by atoms with E-state index in [-0.39, 0.29) is 5.56 Å². The van der Waals surface area contributed by atoms with E-state index in [2.05, 4.69) is 5.92 Å². The van der Waals surface area contributed by atoms with Crippen LogP contribution in [0, 0.1) is 12.3 Å². The van der Waals surface area contributed by atoms with Crippen LogP contribution in [0.1, 0.15) is 15.9 Å². The summed E-state index contributed by atoms with van der Waals surface area (Å²) in [5.74, 6) is 2.37. The number of halogens is 1. The van der Waals surface area contributed by atoms with Gasteiger partial charge in [-0.3, -0.25) is 4.79 Å². The third-order valence-electron chi connectivity index (χ3n) is 1.42. The van der Waals surface area contributed by atoms with Gasteiger partial charge in [0.1, 0.15) is 0 Å². The van der Waals surface area contributed by atoms with Crippen LogP contribution < -0.4 is 0 Å². The minimum Gasteiger partial charge on any atom is -0.276 e. The Morgan fingerprint density at radius 2 is 1.77 bits per heavy atom. The molecule has 4 heteroatoms. The van der Waals surface area contributed by atoms with Gasteiger partial charge in [0.2, 0.25) is 0 Å². The molecule has 0 heterocycles. The number of hydrogen-bond donors (Lipinski definition) is 0. The Morgan fingerprint density at radius 3 is 2.15 bits per heavy atom. The molecule has 0 N–H and O–H groups in total. The van der Waals surface area contributed by atoms with Crippen molar-refractivity contribution in [1.29, 1.82) is 0 Å². The van der Waals surface area contributed by atoms with Gasteiger partial charge >= 0.3 is 19.8 Å². The van der Waals surface area contributed by atoms with Crippen molar-refractivity contribution >= 4 is 23.6 Å². The van der Waals surface area contributed by atoms with E-state index in [1.165, 1.54) is 24.3 Å². The highest BCUT2D eigenvalue weighted by Crippen LogP contribution is 2.15. The first-order valence-electron chi connectivity index (χ1n) is 3.31. The molecule has 66 valence electrons. The standard InChI is InChI=1S/C9H5IO3/c1-2-7-3-5-8(6-4-7)9(11)10(12)13/h1,3-6H. The Labute approximate surface area is 82.3 Å². The maximum absolute atomic E-state index is 10.9. The zero-order valence-corrected chi connectivity index (χ0v) is 8.65. The summed E-state index contributed by atoms with van der Waals surface area (Å²) in [5, 5.41) is 0. The van der Waals surface area contributed by atoms with Crippen molar-refractivity contribution in [2.24, 2.45) is 0 Å². The maximum Gasteiger partial charge on any atom is 0.382 e. The monoisotopic (exact) mass is 288 g/mol. The third kappa shape index (κ3) is 2.36. The molecule has 0 spiro atoms. The fraction of sp³-hybridized carbons (Fsp3) is 0. The van der Waals surface area contributed by atoms with Crippen LogP contribution in [0.15, 0.2) is 24.3 Å². The first-order chi connectivity index (χ1) is 6.15. The fourth-order valence-corrected chi connectivity index (χ4v) is 1.65. The lowest BCUT2D eigenvalue weighted by Gasteiger charge is -1.92. The van der Waals surface area contributed by atoms with E-state index in [9.17, 15) is 10.9 Å². The molecule has 0 aliphatic rings. The minimum absolute atomic E-state index is 0.175. The van der Waals surface area contributed by atoms with Gasteiger partial charge in [-0.15, -0.1) is 6.42 Å². The van der Waals surface area contributed by atoms with Crippen LogP contribution >= 0.6 is 19.8 Å². The summed E-state index contributed by atoms with van der Waals surface area (Å²) in [4.78, 5) is 10.9. The van der Waals surface area contributed by atoms with E-state index in [0.717, 1.165) is 0 Å². The smallest absolute Gasteiger partial charge is 0.276 e. The van der Waals surface area contributed by atoms with Crippen molar-refractivity contribution in [3.63, 3.8) is 0 Å². The lowest BCUT2D eigenvalue weighted by Crippen LogP contribution is -1.89. The highest BCUT2D eigenvalue weighted by molar-refractivity contribution is 14.2. The van der Waals surface area contributed by atoms with Crippen molar-refractivity contribution in [2.75, 3.05) is 0 Å². The molecule has 1 aromatic carbocycles. The quantitative estimate of drug-likeness (QED) is 0.475. The molecule has 0 saturated carbocycles. The second-order valence-corrected chi connectivity index (χ2v) is 4.43. The molecule has 0 aliphatic heterocycles. The predicted octanol–water partition coefficient (Wildman–Crippen LogP) is 2.01. The number of benzene rings is 1. The van der Waals surface area contributed by atoms with E-state index >= 15 is 0 Å². The van der Waals surface area contributed by atoms with Crippen LogP contribution in [0.5, 0.6) is 0 Å². The highest BCUT2D eigenvalue weighted by Gasteiger charge is 2.10. The molecule has 0 aromatic heterocycles. The Hall–Kier alpha value is -1.22. The average Bonchev–Trinajstić information content (AvgIpc) is 2.17.